The van der Waals surface area contributed by atoms with Gasteiger partial charge >= 0.3 is 0 Å². The zero-order chi connectivity index (χ0) is 38.5. The third-order valence-electron chi connectivity index (χ3n) is 12.5. The summed E-state index contributed by atoms with van der Waals surface area (Å²) in [6.07, 6.45) is 1.95. The molecule has 0 N–H and O–H groups in total. The third-order valence-corrected chi connectivity index (χ3v) is 13.7. The van der Waals surface area contributed by atoms with Crippen molar-refractivity contribution in [2.24, 2.45) is 0 Å². The second-order valence-corrected chi connectivity index (χ2v) is 17.2. The zero-order valence-electron chi connectivity index (χ0n) is 32.1. The maximum Gasteiger partial charge on any atom is 0.0979 e. The van der Waals surface area contributed by atoms with Crippen LogP contribution < -0.4 is 0 Å². The van der Waals surface area contributed by atoms with E-state index in [4.69, 9.17) is 9.97 Å². The lowest BCUT2D eigenvalue weighted by Crippen LogP contribution is -2.15. The minimum Gasteiger partial charge on any atom is -0.252 e. The Morgan fingerprint density at radius 2 is 0.879 bits per heavy atom. The highest BCUT2D eigenvalue weighted by molar-refractivity contribution is 7.25. The van der Waals surface area contributed by atoms with Crippen LogP contribution in [0.1, 0.15) is 25.0 Å². The summed E-state index contributed by atoms with van der Waals surface area (Å²) in [4.78, 5) is 10.4. The average Bonchev–Trinajstić information content (AvgIpc) is 3.77. The number of hydrogen-bond acceptors (Lipinski definition) is 3. The van der Waals surface area contributed by atoms with Crippen LogP contribution in [0.4, 0.5) is 0 Å². The summed E-state index contributed by atoms with van der Waals surface area (Å²) in [7, 11) is 0. The van der Waals surface area contributed by atoms with Gasteiger partial charge in [-0.1, -0.05) is 153 Å². The van der Waals surface area contributed by atoms with Crippen molar-refractivity contribution in [3.05, 3.63) is 193 Å². The van der Waals surface area contributed by atoms with Crippen LogP contribution in [0, 0.1) is 0 Å². The average molecular weight is 757 g/mol. The summed E-state index contributed by atoms with van der Waals surface area (Å²) in [5, 5.41) is 7.35. The third kappa shape index (κ3) is 5.03. The quantitative estimate of drug-likeness (QED) is 0.167. The fraction of sp³-hybridized carbons (Fsp3) is 0.0545. The predicted octanol–water partition coefficient (Wildman–Crippen LogP) is 15.3. The molecule has 3 heteroatoms. The zero-order valence-corrected chi connectivity index (χ0v) is 32.9. The van der Waals surface area contributed by atoms with Gasteiger partial charge in [-0.25, -0.2) is 4.98 Å². The van der Waals surface area contributed by atoms with Crippen LogP contribution in [0.3, 0.4) is 0 Å². The standard InChI is InChI=1S/C55H36N2S/c1-55(2)48-30-38(34-20-18-33(19-21-34)35-10-9-11-36(28-35)37-24-27-52-47(29-37)44-14-7-8-17-51(44)58-52)22-25-42(48)43-26-23-39(31-49(43)55)50-32-56-53-45-15-5-3-12-40(45)41-13-4-6-16-46(41)54(53)57-50/h3-32H,1-2H3. The van der Waals surface area contributed by atoms with E-state index < -0.39 is 0 Å². The van der Waals surface area contributed by atoms with Crippen LogP contribution >= 0.6 is 11.3 Å². The van der Waals surface area contributed by atoms with Gasteiger partial charge in [0.05, 0.1) is 22.9 Å². The first-order valence-corrected chi connectivity index (χ1v) is 20.8. The second kappa shape index (κ2) is 12.5. The number of fused-ring (bicyclic) bond motifs is 12. The van der Waals surface area contributed by atoms with E-state index >= 15 is 0 Å². The summed E-state index contributed by atoms with van der Waals surface area (Å²) in [6.45, 7) is 4.71. The molecule has 0 fully saturated rings. The van der Waals surface area contributed by atoms with Crippen LogP contribution in [-0.2, 0) is 5.41 Å². The van der Waals surface area contributed by atoms with Crippen LogP contribution in [0.25, 0.3) is 109 Å². The largest absolute Gasteiger partial charge is 0.252 e. The summed E-state index contributed by atoms with van der Waals surface area (Å²) in [5.74, 6) is 0. The van der Waals surface area contributed by atoms with Crippen molar-refractivity contribution in [1.29, 1.82) is 0 Å². The van der Waals surface area contributed by atoms with Crippen molar-refractivity contribution in [3.63, 3.8) is 0 Å². The molecule has 272 valence electrons. The number of nitrogens with zero attached hydrogens (tertiary/aromatic N) is 2. The molecule has 2 heterocycles. The molecule has 58 heavy (non-hydrogen) atoms. The first kappa shape index (κ1) is 33.2. The van der Waals surface area contributed by atoms with Crippen LogP contribution in [0.15, 0.2) is 182 Å². The van der Waals surface area contributed by atoms with Crippen LogP contribution in [-0.4, -0.2) is 9.97 Å². The van der Waals surface area contributed by atoms with Gasteiger partial charge in [0.25, 0.3) is 0 Å². The highest BCUT2D eigenvalue weighted by Gasteiger charge is 2.36. The number of thiophene rings is 1. The minimum absolute atomic E-state index is 0.178. The first-order chi connectivity index (χ1) is 28.5. The number of benzene rings is 9. The Hall–Kier alpha value is -6.94. The number of hydrogen-bond donors (Lipinski definition) is 0. The van der Waals surface area contributed by atoms with Gasteiger partial charge in [0.2, 0.25) is 0 Å². The Bertz CT molecular complexity index is 3450. The van der Waals surface area contributed by atoms with E-state index in [0.717, 1.165) is 33.1 Å². The lowest BCUT2D eigenvalue weighted by atomic mass is 9.81. The Labute approximate surface area is 340 Å². The van der Waals surface area contributed by atoms with Crippen molar-refractivity contribution in [2.45, 2.75) is 19.3 Å². The minimum atomic E-state index is -0.178. The Morgan fingerprint density at radius 3 is 1.59 bits per heavy atom. The van der Waals surface area contributed by atoms with Crippen molar-refractivity contribution in [1.82, 2.24) is 9.97 Å². The van der Waals surface area contributed by atoms with Crippen molar-refractivity contribution >= 4 is 64.1 Å². The lowest BCUT2D eigenvalue weighted by Gasteiger charge is -2.22. The number of rotatable bonds is 4. The van der Waals surface area contributed by atoms with Crippen molar-refractivity contribution < 1.29 is 0 Å². The molecule has 9 aromatic carbocycles. The molecule has 11 aromatic rings. The van der Waals surface area contributed by atoms with Crippen molar-refractivity contribution in [2.75, 3.05) is 0 Å². The monoisotopic (exact) mass is 756 g/mol. The van der Waals surface area contributed by atoms with Crippen LogP contribution in [0.5, 0.6) is 0 Å². The normalized spacial score (nSPS) is 13.1. The van der Waals surface area contributed by atoms with Gasteiger partial charge in [-0.05, 0) is 103 Å². The van der Waals surface area contributed by atoms with Crippen molar-refractivity contribution in [3.8, 4) is 55.8 Å². The van der Waals surface area contributed by atoms with Gasteiger partial charge in [-0.2, -0.15) is 0 Å². The molecule has 0 spiro atoms. The first-order valence-electron chi connectivity index (χ1n) is 20.0. The highest BCUT2D eigenvalue weighted by atomic mass is 32.1. The summed E-state index contributed by atoms with van der Waals surface area (Å²) in [5.41, 5.74) is 16.3. The maximum atomic E-state index is 5.31. The van der Waals surface area contributed by atoms with Gasteiger partial charge < -0.3 is 0 Å². The van der Waals surface area contributed by atoms with E-state index in [1.165, 1.54) is 86.6 Å². The topological polar surface area (TPSA) is 25.8 Å². The molecule has 1 aliphatic rings. The van der Waals surface area contributed by atoms with E-state index in [2.05, 4.69) is 190 Å². The Kier molecular flexibility index (Phi) is 7.18. The molecule has 0 saturated heterocycles. The van der Waals surface area contributed by atoms with E-state index in [9.17, 15) is 0 Å². The summed E-state index contributed by atoms with van der Waals surface area (Å²) >= 11 is 1.86. The molecule has 0 atom stereocenters. The molecule has 0 aliphatic heterocycles. The van der Waals surface area contributed by atoms with Gasteiger partial charge in [0, 0.05) is 41.9 Å². The second-order valence-electron chi connectivity index (χ2n) is 16.2. The SMILES string of the molecule is CC1(C)c2cc(-c3ccc(-c4cccc(-c5ccc6sc7ccccc7c6c5)c4)cc3)ccc2-c2ccc(-c3cnc4c5ccccc5c5ccccc5c4n3)cc21. The molecular formula is C55H36N2S. The summed E-state index contributed by atoms with van der Waals surface area (Å²) in [6, 6.07) is 64.5. The van der Waals surface area contributed by atoms with Gasteiger partial charge in [-0.15, -0.1) is 11.3 Å². The highest BCUT2D eigenvalue weighted by Crippen LogP contribution is 2.51. The van der Waals surface area contributed by atoms with E-state index in [0.29, 0.717) is 0 Å². The van der Waals surface area contributed by atoms with E-state index in [1.54, 1.807) is 0 Å². The van der Waals surface area contributed by atoms with E-state index in [1.807, 2.05) is 17.5 Å². The molecule has 1 aliphatic carbocycles. The smallest absolute Gasteiger partial charge is 0.0979 e. The summed E-state index contributed by atoms with van der Waals surface area (Å²) < 4.78 is 2.67. The Morgan fingerprint density at radius 1 is 0.379 bits per heavy atom. The van der Waals surface area contributed by atoms with Gasteiger partial charge in [0.15, 0.2) is 0 Å². The lowest BCUT2D eigenvalue weighted by molar-refractivity contribution is 0.661. The van der Waals surface area contributed by atoms with Gasteiger partial charge in [-0.3, -0.25) is 4.98 Å². The fourth-order valence-corrected chi connectivity index (χ4v) is 10.6. The van der Waals surface area contributed by atoms with E-state index in [-0.39, 0.29) is 5.41 Å². The predicted molar refractivity (Wildman–Crippen MR) is 247 cm³/mol. The Balaban J connectivity index is 0.856. The maximum absolute atomic E-state index is 5.31. The van der Waals surface area contributed by atoms with Crippen LogP contribution in [0.2, 0.25) is 0 Å². The molecule has 2 nitrogen and oxygen atoms in total. The fourth-order valence-electron chi connectivity index (χ4n) is 9.48. The molecule has 0 saturated carbocycles. The molecule has 0 unspecified atom stereocenters. The molecule has 2 aromatic heterocycles. The number of aromatic nitrogens is 2. The molecule has 0 bridgehead atoms. The molecule has 0 radical (unpaired) electrons. The molecule has 0 amide bonds. The molecular weight excluding hydrogens is 721 g/mol. The molecule has 12 rings (SSSR count). The van der Waals surface area contributed by atoms with Gasteiger partial charge in [0.1, 0.15) is 0 Å².